The van der Waals surface area contributed by atoms with E-state index < -0.39 is 17.6 Å². The molecule has 1 aromatic heterocycles. The Labute approximate surface area is 129 Å². The van der Waals surface area contributed by atoms with Gasteiger partial charge in [-0.3, -0.25) is 9.89 Å². The predicted octanol–water partition coefficient (Wildman–Crippen LogP) is 2.47. The van der Waals surface area contributed by atoms with Crippen LogP contribution in [0.1, 0.15) is 21.7 Å². The molecule has 0 unspecified atom stereocenters. The SMILES string of the molecule is Cn1c(CCNC(=O)c2ccc(C(F)(F)F)cc2)n[nH]c1=S. The van der Waals surface area contributed by atoms with Crippen molar-refractivity contribution in [3.8, 4) is 0 Å². The lowest BCUT2D eigenvalue weighted by atomic mass is 10.1. The van der Waals surface area contributed by atoms with Gasteiger partial charge < -0.3 is 9.88 Å². The smallest absolute Gasteiger partial charge is 0.352 e. The van der Waals surface area contributed by atoms with Gasteiger partial charge in [-0.15, -0.1) is 0 Å². The Bertz CT molecular complexity index is 718. The first-order valence-electron chi connectivity index (χ1n) is 6.35. The molecule has 0 aliphatic heterocycles. The fourth-order valence-corrected chi connectivity index (χ4v) is 1.95. The first-order chi connectivity index (χ1) is 10.3. The topological polar surface area (TPSA) is 62.7 Å². The minimum Gasteiger partial charge on any atom is -0.352 e. The summed E-state index contributed by atoms with van der Waals surface area (Å²) in [5, 5.41) is 9.24. The summed E-state index contributed by atoms with van der Waals surface area (Å²) in [6, 6.07) is 4.06. The van der Waals surface area contributed by atoms with Crippen LogP contribution in [0.2, 0.25) is 0 Å². The van der Waals surface area contributed by atoms with Gasteiger partial charge in [0.1, 0.15) is 5.82 Å². The molecule has 2 N–H and O–H groups in total. The predicted molar refractivity (Wildman–Crippen MR) is 75.9 cm³/mol. The number of carbonyl (C=O) groups excluding carboxylic acids is 1. The average Bonchev–Trinajstić information content (AvgIpc) is 2.78. The molecule has 1 amide bonds. The molecule has 22 heavy (non-hydrogen) atoms. The number of benzene rings is 1. The van der Waals surface area contributed by atoms with E-state index in [0.29, 0.717) is 23.6 Å². The highest BCUT2D eigenvalue weighted by atomic mass is 32.1. The third-order valence-corrected chi connectivity index (χ3v) is 3.45. The van der Waals surface area contributed by atoms with E-state index in [4.69, 9.17) is 12.2 Å². The van der Waals surface area contributed by atoms with Crippen molar-refractivity contribution in [2.45, 2.75) is 12.6 Å². The highest BCUT2D eigenvalue weighted by Gasteiger charge is 2.30. The van der Waals surface area contributed by atoms with E-state index in [9.17, 15) is 18.0 Å². The second kappa shape index (κ2) is 6.30. The Morgan fingerprint density at radius 1 is 1.36 bits per heavy atom. The van der Waals surface area contributed by atoms with Crippen LogP contribution in [-0.4, -0.2) is 27.2 Å². The Morgan fingerprint density at radius 3 is 2.50 bits per heavy atom. The standard InChI is InChI=1S/C13H13F3N4OS/c1-20-10(18-19-12(20)22)6-7-17-11(21)8-2-4-9(5-3-8)13(14,15)16/h2-5H,6-7H2,1H3,(H,17,21)(H,19,22). The molecule has 0 atom stereocenters. The number of hydrogen-bond acceptors (Lipinski definition) is 3. The molecule has 0 radical (unpaired) electrons. The van der Waals surface area contributed by atoms with Crippen LogP contribution in [0.4, 0.5) is 13.2 Å². The molecule has 1 aromatic carbocycles. The largest absolute Gasteiger partial charge is 0.416 e. The fraction of sp³-hybridized carbons (Fsp3) is 0.308. The van der Waals surface area contributed by atoms with E-state index in [-0.39, 0.29) is 5.56 Å². The Balaban J connectivity index is 1.92. The van der Waals surface area contributed by atoms with Gasteiger partial charge in [-0.1, -0.05) is 0 Å². The summed E-state index contributed by atoms with van der Waals surface area (Å²) < 4.78 is 39.4. The lowest BCUT2D eigenvalue weighted by Crippen LogP contribution is -2.26. The normalized spacial score (nSPS) is 11.5. The van der Waals surface area contributed by atoms with Crippen molar-refractivity contribution >= 4 is 18.1 Å². The molecule has 0 saturated heterocycles. The Hall–Kier alpha value is -2.16. The molecule has 9 heteroatoms. The van der Waals surface area contributed by atoms with Gasteiger partial charge in [0, 0.05) is 25.6 Å². The van der Waals surface area contributed by atoms with Crippen molar-refractivity contribution < 1.29 is 18.0 Å². The zero-order chi connectivity index (χ0) is 16.3. The number of rotatable bonds is 4. The molecule has 0 aliphatic carbocycles. The molecule has 0 fully saturated rings. The summed E-state index contributed by atoms with van der Waals surface area (Å²) in [4.78, 5) is 11.8. The molecule has 0 aliphatic rings. The summed E-state index contributed by atoms with van der Waals surface area (Å²) in [5.74, 6) is 0.239. The van der Waals surface area contributed by atoms with Crippen molar-refractivity contribution in [2.24, 2.45) is 7.05 Å². The maximum atomic E-state index is 12.4. The van der Waals surface area contributed by atoms with Crippen LogP contribution in [0.5, 0.6) is 0 Å². The van der Waals surface area contributed by atoms with E-state index in [1.54, 1.807) is 11.6 Å². The number of aromatic amines is 1. The zero-order valence-corrected chi connectivity index (χ0v) is 12.4. The molecule has 0 saturated carbocycles. The van der Waals surface area contributed by atoms with Crippen LogP contribution in [0.25, 0.3) is 0 Å². The number of amides is 1. The summed E-state index contributed by atoms with van der Waals surface area (Å²) in [7, 11) is 1.75. The van der Waals surface area contributed by atoms with E-state index >= 15 is 0 Å². The van der Waals surface area contributed by atoms with Gasteiger partial charge in [0.25, 0.3) is 5.91 Å². The Kier molecular flexibility index (Phi) is 4.65. The maximum absolute atomic E-state index is 12.4. The van der Waals surface area contributed by atoms with E-state index in [0.717, 1.165) is 24.3 Å². The third kappa shape index (κ3) is 3.73. The first-order valence-corrected chi connectivity index (χ1v) is 6.75. The van der Waals surface area contributed by atoms with Gasteiger partial charge in [0.05, 0.1) is 5.56 Å². The average molecular weight is 330 g/mol. The molecule has 2 rings (SSSR count). The number of nitrogens with one attached hydrogen (secondary N) is 2. The van der Waals surface area contributed by atoms with Gasteiger partial charge in [-0.05, 0) is 36.5 Å². The van der Waals surface area contributed by atoms with Gasteiger partial charge in [-0.2, -0.15) is 18.3 Å². The Morgan fingerprint density at radius 2 is 2.00 bits per heavy atom. The number of carbonyl (C=O) groups is 1. The van der Waals surface area contributed by atoms with Crippen molar-refractivity contribution in [3.63, 3.8) is 0 Å². The lowest BCUT2D eigenvalue weighted by molar-refractivity contribution is -0.137. The van der Waals surface area contributed by atoms with Gasteiger partial charge in [-0.25, -0.2) is 0 Å². The van der Waals surface area contributed by atoms with Crippen LogP contribution in [0.3, 0.4) is 0 Å². The van der Waals surface area contributed by atoms with Gasteiger partial charge in [0.15, 0.2) is 4.77 Å². The quantitative estimate of drug-likeness (QED) is 0.847. The van der Waals surface area contributed by atoms with Crippen molar-refractivity contribution in [1.29, 1.82) is 0 Å². The number of H-pyrrole nitrogens is 1. The van der Waals surface area contributed by atoms with Crippen molar-refractivity contribution in [1.82, 2.24) is 20.1 Å². The van der Waals surface area contributed by atoms with Crippen LogP contribution in [-0.2, 0) is 19.6 Å². The summed E-state index contributed by atoms with van der Waals surface area (Å²) in [6.45, 7) is 0.299. The number of hydrogen-bond donors (Lipinski definition) is 2. The molecular formula is C13H13F3N4OS. The molecule has 0 spiro atoms. The number of nitrogens with zero attached hydrogens (tertiary/aromatic N) is 2. The van der Waals surface area contributed by atoms with Crippen molar-refractivity contribution in [2.75, 3.05) is 6.54 Å². The minimum atomic E-state index is -4.41. The van der Waals surface area contributed by atoms with Gasteiger partial charge in [0.2, 0.25) is 0 Å². The van der Waals surface area contributed by atoms with Gasteiger partial charge >= 0.3 is 6.18 Å². The van der Waals surface area contributed by atoms with E-state index in [1.807, 2.05) is 0 Å². The molecular weight excluding hydrogens is 317 g/mol. The minimum absolute atomic E-state index is 0.170. The second-order valence-corrected chi connectivity index (χ2v) is 4.97. The number of aromatic nitrogens is 3. The summed E-state index contributed by atoms with van der Waals surface area (Å²) >= 11 is 4.96. The number of alkyl halides is 3. The van der Waals surface area contributed by atoms with E-state index in [2.05, 4.69) is 15.5 Å². The van der Waals surface area contributed by atoms with Crippen LogP contribution >= 0.6 is 12.2 Å². The number of halogens is 3. The molecule has 1 heterocycles. The highest BCUT2D eigenvalue weighted by molar-refractivity contribution is 7.71. The molecule has 2 aromatic rings. The fourth-order valence-electron chi connectivity index (χ4n) is 1.80. The van der Waals surface area contributed by atoms with Crippen molar-refractivity contribution in [3.05, 3.63) is 46.0 Å². The van der Waals surface area contributed by atoms with Crippen LogP contribution in [0, 0.1) is 4.77 Å². The van der Waals surface area contributed by atoms with Crippen LogP contribution in [0.15, 0.2) is 24.3 Å². The first kappa shape index (κ1) is 16.2. The maximum Gasteiger partial charge on any atom is 0.416 e. The van der Waals surface area contributed by atoms with Crippen LogP contribution < -0.4 is 5.32 Å². The highest BCUT2D eigenvalue weighted by Crippen LogP contribution is 2.28. The monoisotopic (exact) mass is 330 g/mol. The molecule has 0 bridgehead atoms. The zero-order valence-electron chi connectivity index (χ0n) is 11.6. The lowest BCUT2D eigenvalue weighted by Gasteiger charge is -2.08. The van der Waals surface area contributed by atoms with E-state index in [1.165, 1.54) is 0 Å². The third-order valence-electron chi connectivity index (χ3n) is 3.08. The molecule has 118 valence electrons. The summed E-state index contributed by atoms with van der Waals surface area (Å²) in [6.07, 6.45) is -3.96. The second-order valence-electron chi connectivity index (χ2n) is 4.59. The summed E-state index contributed by atoms with van der Waals surface area (Å²) in [5.41, 5.74) is -0.617. The molecule has 5 nitrogen and oxygen atoms in total.